The highest BCUT2D eigenvalue weighted by Crippen LogP contribution is 2.19. The molecule has 0 aliphatic carbocycles. The summed E-state index contributed by atoms with van der Waals surface area (Å²) in [4.78, 5) is 4.53. The van der Waals surface area contributed by atoms with Crippen molar-refractivity contribution in [2.24, 2.45) is 4.99 Å². The largest absolute Gasteiger partial charge is 0.494 e. The molecule has 0 amide bonds. The minimum atomic E-state index is -0.374. The van der Waals surface area contributed by atoms with Crippen molar-refractivity contribution < 1.29 is 9.13 Å². The second-order valence-corrected chi connectivity index (χ2v) is 6.49. The van der Waals surface area contributed by atoms with Gasteiger partial charge in [0.2, 0.25) is 0 Å². The fraction of sp³-hybridized carbons (Fsp3) is 0.222. The molecule has 5 nitrogen and oxygen atoms in total. The third kappa shape index (κ3) is 4.58. The van der Waals surface area contributed by atoms with Crippen LogP contribution in [0.2, 0.25) is 0 Å². The van der Waals surface area contributed by atoms with Crippen LogP contribution in [0.4, 0.5) is 4.39 Å². The van der Waals surface area contributed by atoms with Gasteiger partial charge < -0.3 is 10.1 Å². The fourth-order valence-corrected chi connectivity index (χ4v) is 3.23. The zero-order chi connectivity index (χ0) is 17.6. The van der Waals surface area contributed by atoms with E-state index in [1.165, 1.54) is 24.9 Å². The van der Waals surface area contributed by atoms with Gasteiger partial charge in [-0.05, 0) is 23.3 Å². The molecule has 1 atom stereocenters. The first-order valence-electron chi connectivity index (χ1n) is 7.83. The Kier molecular flexibility index (Phi) is 5.67. The molecule has 25 heavy (non-hydrogen) atoms. The molecule has 1 aliphatic rings. The Morgan fingerprint density at radius 1 is 1.28 bits per heavy atom. The maximum Gasteiger partial charge on any atom is 0.173 e. The van der Waals surface area contributed by atoms with Gasteiger partial charge in [0.1, 0.15) is 6.17 Å². The van der Waals surface area contributed by atoms with E-state index < -0.39 is 0 Å². The van der Waals surface area contributed by atoms with Crippen molar-refractivity contribution in [3.05, 3.63) is 65.5 Å². The van der Waals surface area contributed by atoms with Crippen LogP contribution in [-0.2, 0) is 6.42 Å². The van der Waals surface area contributed by atoms with Crippen LogP contribution in [0.15, 0.2) is 53.5 Å². The summed E-state index contributed by atoms with van der Waals surface area (Å²) >= 11 is 1.47. The van der Waals surface area contributed by atoms with Crippen molar-refractivity contribution in [1.29, 1.82) is 5.41 Å². The summed E-state index contributed by atoms with van der Waals surface area (Å²) in [5.41, 5.74) is 8.39. The van der Waals surface area contributed by atoms with Gasteiger partial charge in [0.05, 0.1) is 7.11 Å². The third-order valence-corrected chi connectivity index (χ3v) is 4.65. The van der Waals surface area contributed by atoms with Crippen molar-refractivity contribution in [1.82, 2.24) is 10.9 Å². The Bertz CT molecular complexity index is 782. The molecule has 1 heterocycles. The van der Waals surface area contributed by atoms with E-state index >= 15 is 0 Å². The van der Waals surface area contributed by atoms with Gasteiger partial charge in [-0.1, -0.05) is 48.2 Å². The maximum atomic E-state index is 13.7. The minimum Gasteiger partial charge on any atom is -0.494 e. The SMILES string of the molecule is COc1ccc(CC2N=C(SCC(=N)c3ccccc3)NN2)cc1F. The van der Waals surface area contributed by atoms with Crippen LogP contribution in [0.5, 0.6) is 5.75 Å². The molecule has 0 aromatic heterocycles. The normalized spacial score (nSPS) is 16.2. The second-order valence-electron chi connectivity index (χ2n) is 5.53. The number of hydrazine groups is 1. The Morgan fingerprint density at radius 2 is 2.08 bits per heavy atom. The molecule has 130 valence electrons. The molecule has 1 unspecified atom stereocenters. The Morgan fingerprint density at radius 3 is 2.80 bits per heavy atom. The highest BCUT2D eigenvalue weighted by molar-refractivity contribution is 8.14. The minimum absolute atomic E-state index is 0.166. The van der Waals surface area contributed by atoms with E-state index in [0.717, 1.165) is 16.3 Å². The summed E-state index contributed by atoms with van der Waals surface area (Å²) in [6, 6.07) is 14.5. The molecule has 0 spiro atoms. The molecule has 0 saturated heterocycles. The standard InChI is InChI=1S/C18H19FN4OS/c1-24-16-8-7-12(9-14(16)19)10-17-21-18(23-22-17)25-11-15(20)13-5-3-2-4-6-13/h2-9,17,20,22H,10-11H2,1H3,(H,21,23). The quantitative estimate of drug-likeness (QED) is 0.695. The number of hydrogen-bond donors (Lipinski definition) is 3. The smallest absolute Gasteiger partial charge is 0.173 e. The number of thioether (sulfide) groups is 1. The summed E-state index contributed by atoms with van der Waals surface area (Å²) < 4.78 is 18.7. The first-order valence-corrected chi connectivity index (χ1v) is 8.81. The number of amidine groups is 1. The van der Waals surface area contributed by atoms with E-state index in [2.05, 4.69) is 15.8 Å². The first kappa shape index (κ1) is 17.4. The van der Waals surface area contributed by atoms with Crippen LogP contribution in [-0.4, -0.2) is 29.9 Å². The van der Waals surface area contributed by atoms with Gasteiger partial charge >= 0.3 is 0 Å². The summed E-state index contributed by atoms with van der Waals surface area (Å²) in [7, 11) is 1.45. The van der Waals surface area contributed by atoms with E-state index in [1.807, 2.05) is 36.4 Å². The van der Waals surface area contributed by atoms with Gasteiger partial charge in [0.25, 0.3) is 0 Å². The molecule has 3 N–H and O–H groups in total. The number of methoxy groups -OCH3 is 1. The van der Waals surface area contributed by atoms with Crippen LogP contribution in [0, 0.1) is 11.2 Å². The molecule has 0 radical (unpaired) electrons. The van der Waals surface area contributed by atoms with Gasteiger partial charge in [0.15, 0.2) is 16.7 Å². The fourth-order valence-electron chi connectivity index (χ4n) is 2.44. The van der Waals surface area contributed by atoms with E-state index in [1.54, 1.807) is 6.07 Å². The molecule has 2 aromatic carbocycles. The molecule has 0 bridgehead atoms. The number of hydrogen-bond acceptors (Lipinski definition) is 6. The molecule has 3 rings (SSSR count). The van der Waals surface area contributed by atoms with E-state index in [0.29, 0.717) is 17.9 Å². The van der Waals surface area contributed by atoms with Gasteiger partial charge in [-0.25, -0.2) is 14.8 Å². The summed E-state index contributed by atoms with van der Waals surface area (Å²) in [5.74, 6) is 0.391. The lowest BCUT2D eigenvalue weighted by atomic mass is 10.1. The summed E-state index contributed by atoms with van der Waals surface area (Å²) in [6.07, 6.45) is 0.398. The molecule has 1 aliphatic heterocycles. The number of nitrogens with one attached hydrogen (secondary N) is 3. The van der Waals surface area contributed by atoms with Crippen LogP contribution < -0.4 is 15.6 Å². The first-order chi connectivity index (χ1) is 12.2. The van der Waals surface area contributed by atoms with Crippen molar-refractivity contribution in [2.45, 2.75) is 12.6 Å². The van der Waals surface area contributed by atoms with E-state index in [9.17, 15) is 4.39 Å². The number of nitrogens with zero attached hydrogens (tertiary/aromatic N) is 1. The average molecular weight is 358 g/mol. The van der Waals surface area contributed by atoms with Crippen LogP contribution in [0.3, 0.4) is 0 Å². The highest BCUT2D eigenvalue weighted by Gasteiger charge is 2.18. The van der Waals surface area contributed by atoms with Crippen molar-refractivity contribution in [3.8, 4) is 5.75 Å². The second kappa shape index (κ2) is 8.13. The monoisotopic (exact) mass is 358 g/mol. The molecule has 2 aromatic rings. The molecule has 0 saturated carbocycles. The third-order valence-electron chi connectivity index (χ3n) is 3.74. The lowest BCUT2D eigenvalue weighted by Gasteiger charge is -2.08. The Balaban J connectivity index is 1.54. The predicted molar refractivity (Wildman–Crippen MR) is 99.9 cm³/mol. The maximum absolute atomic E-state index is 13.7. The van der Waals surface area contributed by atoms with Crippen LogP contribution in [0.1, 0.15) is 11.1 Å². The zero-order valence-electron chi connectivity index (χ0n) is 13.8. The van der Waals surface area contributed by atoms with Gasteiger partial charge in [-0.2, -0.15) is 0 Å². The average Bonchev–Trinajstić information content (AvgIpc) is 3.08. The lowest BCUT2D eigenvalue weighted by molar-refractivity contribution is 0.386. The van der Waals surface area contributed by atoms with Crippen molar-refractivity contribution in [3.63, 3.8) is 0 Å². The molecule has 7 heteroatoms. The zero-order valence-corrected chi connectivity index (χ0v) is 14.6. The van der Waals surface area contributed by atoms with Crippen molar-refractivity contribution in [2.75, 3.05) is 12.9 Å². The number of ether oxygens (including phenoxy) is 1. The van der Waals surface area contributed by atoms with E-state index in [4.69, 9.17) is 10.1 Å². The predicted octanol–water partition coefficient (Wildman–Crippen LogP) is 2.97. The topological polar surface area (TPSA) is 69.5 Å². The number of aliphatic imine (C=N–C) groups is 1. The highest BCUT2D eigenvalue weighted by atomic mass is 32.2. The Labute approximate surface area is 150 Å². The van der Waals surface area contributed by atoms with Crippen molar-refractivity contribution >= 4 is 22.6 Å². The number of halogens is 1. The molecular weight excluding hydrogens is 339 g/mol. The van der Waals surface area contributed by atoms with Gasteiger partial charge in [0, 0.05) is 17.9 Å². The van der Waals surface area contributed by atoms with Crippen LogP contribution >= 0.6 is 11.8 Å². The molecular formula is C18H19FN4OS. The number of rotatable bonds is 6. The lowest BCUT2D eigenvalue weighted by Crippen LogP contribution is -2.35. The Hall–Kier alpha value is -2.38. The van der Waals surface area contributed by atoms with E-state index in [-0.39, 0.29) is 17.7 Å². The van der Waals surface area contributed by atoms with Gasteiger partial charge in [-0.15, -0.1) is 0 Å². The van der Waals surface area contributed by atoms with Crippen LogP contribution in [0.25, 0.3) is 0 Å². The molecule has 0 fully saturated rings. The summed E-state index contributed by atoms with van der Waals surface area (Å²) in [5, 5.41) is 8.84. The number of benzene rings is 2. The summed E-state index contributed by atoms with van der Waals surface area (Å²) in [6.45, 7) is 0. The van der Waals surface area contributed by atoms with Gasteiger partial charge in [-0.3, -0.25) is 5.43 Å².